The van der Waals surface area contributed by atoms with Crippen LogP contribution in [0.25, 0.3) is 0 Å². The standard InChI is InChI=1S/C14H11F3O2/c1-9-2-5-12(8-13(9)14(15,16)17)19-11-6-3-10(18)4-7-11/h2-8,18H,1H3. The molecule has 0 aromatic heterocycles. The van der Waals surface area contributed by atoms with Gasteiger partial charge in [-0.3, -0.25) is 0 Å². The van der Waals surface area contributed by atoms with E-state index in [0.717, 1.165) is 6.07 Å². The van der Waals surface area contributed by atoms with E-state index in [1.165, 1.54) is 43.3 Å². The second-order valence-corrected chi connectivity index (χ2v) is 4.07. The third-order valence-electron chi connectivity index (χ3n) is 2.59. The Hall–Kier alpha value is -2.17. The normalized spacial score (nSPS) is 11.4. The zero-order valence-electron chi connectivity index (χ0n) is 10.0. The Labute approximate surface area is 108 Å². The summed E-state index contributed by atoms with van der Waals surface area (Å²) in [4.78, 5) is 0. The molecular formula is C14H11F3O2. The fraction of sp³-hybridized carbons (Fsp3) is 0.143. The molecule has 100 valence electrons. The van der Waals surface area contributed by atoms with Gasteiger partial charge in [-0.2, -0.15) is 13.2 Å². The maximum atomic E-state index is 12.7. The highest BCUT2D eigenvalue weighted by Gasteiger charge is 2.32. The number of hydrogen-bond acceptors (Lipinski definition) is 2. The minimum atomic E-state index is -4.40. The topological polar surface area (TPSA) is 29.5 Å². The molecule has 0 aliphatic rings. The van der Waals surface area contributed by atoms with Crippen LogP contribution in [0.15, 0.2) is 42.5 Å². The van der Waals surface area contributed by atoms with E-state index in [0.29, 0.717) is 5.75 Å². The van der Waals surface area contributed by atoms with E-state index in [2.05, 4.69) is 0 Å². The SMILES string of the molecule is Cc1ccc(Oc2ccc(O)cc2)cc1C(F)(F)F. The number of rotatable bonds is 2. The largest absolute Gasteiger partial charge is 0.508 e. The van der Waals surface area contributed by atoms with Crippen molar-refractivity contribution in [1.29, 1.82) is 0 Å². The molecule has 19 heavy (non-hydrogen) atoms. The Balaban J connectivity index is 2.29. The first kappa shape index (κ1) is 13.3. The summed E-state index contributed by atoms with van der Waals surface area (Å²) >= 11 is 0. The van der Waals surface area contributed by atoms with Gasteiger partial charge in [0.15, 0.2) is 0 Å². The molecule has 0 unspecified atom stereocenters. The lowest BCUT2D eigenvalue weighted by Gasteiger charge is -2.12. The molecule has 0 amide bonds. The van der Waals surface area contributed by atoms with Crippen molar-refractivity contribution in [2.45, 2.75) is 13.1 Å². The number of halogens is 3. The number of alkyl halides is 3. The summed E-state index contributed by atoms with van der Waals surface area (Å²) in [5.41, 5.74) is -0.575. The molecule has 0 heterocycles. The van der Waals surface area contributed by atoms with E-state index in [9.17, 15) is 13.2 Å². The van der Waals surface area contributed by atoms with Crippen LogP contribution in [0.1, 0.15) is 11.1 Å². The number of phenolic OH excluding ortho intramolecular Hbond substituents is 1. The first-order chi connectivity index (χ1) is 8.86. The predicted octanol–water partition coefficient (Wildman–Crippen LogP) is 4.51. The lowest BCUT2D eigenvalue weighted by molar-refractivity contribution is -0.138. The molecule has 1 N–H and O–H groups in total. The Kier molecular flexibility index (Phi) is 3.38. The molecule has 0 saturated heterocycles. The molecule has 2 rings (SSSR count). The third kappa shape index (κ3) is 3.19. The Morgan fingerprint density at radius 1 is 0.947 bits per heavy atom. The number of hydrogen-bond donors (Lipinski definition) is 1. The van der Waals surface area contributed by atoms with Crippen molar-refractivity contribution < 1.29 is 23.0 Å². The van der Waals surface area contributed by atoms with Crippen LogP contribution in [-0.2, 0) is 6.18 Å². The minimum Gasteiger partial charge on any atom is -0.508 e. The lowest BCUT2D eigenvalue weighted by atomic mass is 10.1. The highest BCUT2D eigenvalue weighted by atomic mass is 19.4. The molecule has 0 aliphatic heterocycles. The van der Waals surface area contributed by atoms with E-state index < -0.39 is 11.7 Å². The van der Waals surface area contributed by atoms with Crippen molar-refractivity contribution in [3.8, 4) is 17.2 Å². The van der Waals surface area contributed by atoms with Gasteiger partial charge in [-0.15, -0.1) is 0 Å². The summed E-state index contributed by atoms with van der Waals surface area (Å²) in [5.74, 6) is 0.519. The number of phenols is 1. The van der Waals surface area contributed by atoms with Crippen LogP contribution in [0.3, 0.4) is 0 Å². The van der Waals surface area contributed by atoms with Crippen molar-refractivity contribution in [3.63, 3.8) is 0 Å². The molecule has 5 heteroatoms. The van der Waals surface area contributed by atoms with Gasteiger partial charge in [-0.1, -0.05) is 6.07 Å². The van der Waals surface area contributed by atoms with Gasteiger partial charge < -0.3 is 9.84 Å². The van der Waals surface area contributed by atoms with Crippen molar-refractivity contribution >= 4 is 0 Å². The second kappa shape index (κ2) is 4.84. The molecule has 0 fully saturated rings. The summed E-state index contributed by atoms with van der Waals surface area (Å²) < 4.78 is 43.5. The quantitative estimate of drug-likeness (QED) is 0.868. The highest BCUT2D eigenvalue weighted by molar-refractivity contribution is 5.40. The molecule has 0 aliphatic carbocycles. The highest BCUT2D eigenvalue weighted by Crippen LogP contribution is 2.35. The number of benzene rings is 2. The first-order valence-electron chi connectivity index (χ1n) is 5.51. The van der Waals surface area contributed by atoms with Crippen LogP contribution >= 0.6 is 0 Å². The van der Waals surface area contributed by atoms with E-state index >= 15 is 0 Å². The summed E-state index contributed by atoms with van der Waals surface area (Å²) in [6.45, 7) is 1.40. The van der Waals surface area contributed by atoms with E-state index in [4.69, 9.17) is 9.84 Å². The average molecular weight is 268 g/mol. The predicted molar refractivity (Wildman–Crippen MR) is 64.4 cm³/mol. The molecule has 2 aromatic carbocycles. The lowest BCUT2D eigenvalue weighted by Crippen LogP contribution is -2.07. The van der Waals surface area contributed by atoms with Gasteiger partial charge >= 0.3 is 6.18 Å². The van der Waals surface area contributed by atoms with Crippen LogP contribution in [0, 0.1) is 6.92 Å². The van der Waals surface area contributed by atoms with Crippen molar-refractivity contribution in [3.05, 3.63) is 53.6 Å². The van der Waals surface area contributed by atoms with Gasteiger partial charge in [0.05, 0.1) is 5.56 Å². The van der Waals surface area contributed by atoms with Crippen molar-refractivity contribution in [1.82, 2.24) is 0 Å². The Bertz CT molecular complexity index is 574. The van der Waals surface area contributed by atoms with Gasteiger partial charge in [-0.05, 0) is 48.9 Å². The van der Waals surface area contributed by atoms with Crippen LogP contribution < -0.4 is 4.74 Å². The number of ether oxygens (including phenoxy) is 1. The maximum Gasteiger partial charge on any atom is 0.416 e. The molecular weight excluding hydrogens is 257 g/mol. The maximum absolute atomic E-state index is 12.7. The molecule has 0 saturated carbocycles. The zero-order chi connectivity index (χ0) is 14.0. The fourth-order valence-electron chi connectivity index (χ4n) is 1.62. The van der Waals surface area contributed by atoms with Gasteiger partial charge in [0.2, 0.25) is 0 Å². The van der Waals surface area contributed by atoms with Crippen LogP contribution in [0.2, 0.25) is 0 Å². The van der Waals surface area contributed by atoms with Gasteiger partial charge in [0.1, 0.15) is 17.2 Å². The first-order valence-corrected chi connectivity index (χ1v) is 5.51. The Morgan fingerprint density at radius 2 is 1.53 bits per heavy atom. The molecule has 0 atom stereocenters. The minimum absolute atomic E-state index is 0.0623. The summed E-state index contributed by atoms with van der Waals surface area (Å²) in [6, 6.07) is 9.53. The zero-order valence-corrected chi connectivity index (χ0v) is 10.0. The molecule has 0 spiro atoms. The van der Waals surface area contributed by atoms with E-state index in [-0.39, 0.29) is 17.1 Å². The van der Waals surface area contributed by atoms with Crippen molar-refractivity contribution in [2.24, 2.45) is 0 Å². The third-order valence-corrected chi connectivity index (χ3v) is 2.59. The summed E-state index contributed by atoms with van der Waals surface area (Å²) in [5, 5.41) is 9.11. The number of aryl methyl sites for hydroxylation is 1. The Morgan fingerprint density at radius 3 is 2.11 bits per heavy atom. The summed E-state index contributed by atoms with van der Waals surface area (Å²) in [6.07, 6.45) is -4.40. The van der Waals surface area contributed by atoms with E-state index in [1.54, 1.807) is 0 Å². The van der Waals surface area contributed by atoms with Gasteiger partial charge in [-0.25, -0.2) is 0 Å². The average Bonchev–Trinajstić information content (AvgIpc) is 2.33. The number of aromatic hydroxyl groups is 1. The summed E-state index contributed by atoms with van der Waals surface area (Å²) in [7, 11) is 0. The van der Waals surface area contributed by atoms with Crippen molar-refractivity contribution in [2.75, 3.05) is 0 Å². The van der Waals surface area contributed by atoms with Gasteiger partial charge in [0.25, 0.3) is 0 Å². The second-order valence-electron chi connectivity index (χ2n) is 4.07. The smallest absolute Gasteiger partial charge is 0.416 e. The van der Waals surface area contributed by atoms with E-state index in [1.807, 2.05) is 0 Å². The van der Waals surface area contributed by atoms with Crippen LogP contribution in [-0.4, -0.2) is 5.11 Å². The van der Waals surface area contributed by atoms with Crippen LogP contribution in [0.5, 0.6) is 17.2 Å². The monoisotopic (exact) mass is 268 g/mol. The van der Waals surface area contributed by atoms with Gasteiger partial charge in [0, 0.05) is 0 Å². The van der Waals surface area contributed by atoms with Crippen LogP contribution in [0.4, 0.5) is 13.2 Å². The molecule has 2 aromatic rings. The molecule has 2 nitrogen and oxygen atoms in total. The molecule has 0 radical (unpaired) electrons. The fourth-order valence-corrected chi connectivity index (χ4v) is 1.62. The molecule has 0 bridgehead atoms.